The minimum Gasteiger partial charge on any atom is -0.352 e. The Morgan fingerprint density at radius 1 is 1.32 bits per heavy atom. The number of nitrogens with one attached hydrogen (secondary N) is 1. The molecule has 2 aromatic rings. The lowest BCUT2D eigenvalue weighted by Gasteiger charge is -2.07. The Hall–Kier alpha value is -1.63. The summed E-state index contributed by atoms with van der Waals surface area (Å²) < 4.78 is 1.91. The van der Waals surface area contributed by atoms with Gasteiger partial charge in [-0.05, 0) is 31.5 Å². The van der Waals surface area contributed by atoms with Gasteiger partial charge in [0.25, 0.3) is 0 Å². The standard InChI is InChI=1S/C14H19N5O.2ClH/c1-11-16-7-8-19(11)13-5-4-12(9-17-13)10-18-14(20)3-2-6-15;;/h4-5,7-9H,2-3,6,10,15H2,1H3,(H,18,20);2*1H. The van der Waals surface area contributed by atoms with Crippen molar-refractivity contribution in [3.8, 4) is 5.82 Å². The fourth-order valence-corrected chi connectivity index (χ4v) is 1.84. The molecule has 0 aliphatic heterocycles. The third kappa shape index (κ3) is 5.63. The molecule has 22 heavy (non-hydrogen) atoms. The Bertz CT molecular complexity index is 571. The number of imidazole rings is 1. The molecule has 0 fully saturated rings. The second-order valence-electron chi connectivity index (χ2n) is 4.54. The number of nitrogens with zero attached hydrogens (tertiary/aromatic N) is 3. The summed E-state index contributed by atoms with van der Waals surface area (Å²) in [6, 6.07) is 3.86. The number of nitrogens with two attached hydrogens (primary N) is 1. The summed E-state index contributed by atoms with van der Waals surface area (Å²) in [6.45, 7) is 2.95. The van der Waals surface area contributed by atoms with Crippen molar-refractivity contribution in [2.45, 2.75) is 26.3 Å². The number of hydrogen-bond donors (Lipinski definition) is 2. The number of carbonyl (C=O) groups excluding carboxylic acids is 1. The first kappa shape index (κ1) is 20.4. The molecule has 1 amide bonds. The van der Waals surface area contributed by atoms with Crippen LogP contribution in [0.25, 0.3) is 5.82 Å². The van der Waals surface area contributed by atoms with Crippen molar-refractivity contribution >= 4 is 30.7 Å². The molecule has 0 saturated carbocycles. The third-order valence-electron chi connectivity index (χ3n) is 2.98. The molecule has 6 nitrogen and oxygen atoms in total. The molecule has 122 valence electrons. The first-order chi connectivity index (χ1) is 9.70. The molecule has 0 radical (unpaired) electrons. The van der Waals surface area contributed by atoms with Crippen LogP contribution >= 0.6 is 24.8 Å². The largest absolute Gasteiger partial charge is 0.352 e. The van der Waals surface area contributed by atoms with Crippen LogP contribution in [0.1, 0.15) is 24.2 Å². The highest BCUT2D eigenvalue weighted by molar-refractivity contribution is 5.85. The summed E-state index contributed by atoms with van der Waals surface area (Å²) in [6.07, 6.45) is 6.55. The fraction of sp³-hybridized carbons (Fsp3) is 0.357. The van der Waals surface area contributed by atoms with E-state index in [1.807, 2.05) is 29.8 Å². The fourth-order valence-electron chi connectivity index (χ4n) is 1.84. The zero-order valence-corrected chi connectivity index (χ0v) is 14.0. The number of amides is 1. The van der Waals surface area contributed by atoms with E-state index >= 15 is 0 Å². The van der Waals surface area contributed by atoms with Gasteiger partial charge in [-0.1, -0.05) is 6.07 Å². The highest BCUT2D eigenvalue weighted by Gasteiger charge is 2.03. The maximum Gasteiger partial charge on any atom is 0.220 e. The molecule has 0 saturated heterocycles. The van der Waals surface area contributed by atoms with Crippen molar-refractivity contribution in [1.82, 2.24) is 19.9 Å². The lowest BCUT2D eigenvalue weighted by molar-refractivity contribution is -0.121. The molecule has 0 atom stereocenters. The van der Waals surface area contributed by atoms with Gasteiger partial charge in [-0.25, -0.2) is 9.97 Å². The Morgan fingerprint density at radius 2 is 2.09 bits per heavy atom. The van der Waals surface area contributed by atoms with Crippen molar-refractivity contribution in [3.05, 3.63) is 42.1 Å². The smallest absolute Gasteiger partial charge is 0.220 e. The number of hydrogen-bond acceptors (Lipinski definition) is 4. The topological polar surface area (TPSA) is 85.8 Å². The van der Waals surface area contributed by atoms with Gasteiger partial charge in [0.2, 0.25) is 5.91 Å². The van der Waals surface area contributed by atoms with Crippen molar-refractivity contribution in [1.29, 1.82) is 0 Å². The minimum absolute atomic E-state index is 0. The average molecular weight is 346 g/mol. The molecule has 3 N–H and O–H groups in total. The van der Waals surface area contributed by atoms with Crippen LogP contribution in [0.4, 0.5) is 0 Å². The second-order valence-corrected chi connectivity index (χ2v) is 4.54. The van der Waals surface area contributed by atoms with E-state index in [9.17, 15) is 4.79 Å². The SMILES string of the molecule is Cc1nccn1-c1ccc(CNC(=O)CCCN)cn1.Cl.Cl. The maximum absolute atomic E-state index is 11.5. The quantitative estimate of drug-likeness (QED) is 0.835. The summed E-state index contributed by atoms with van der Waals surface area (Å²) in [7, 11) is 0. The van der Waals surface area contributed by atoms with Crippen LogP contribution in [0.5, 0.6) is 0 Å². The monoisotopic (exact) mass is 345 g/mol. The molecule has 8 heteroatoms. The summed E-state index contributed by atoms with van der Waals surface area (Å²) >= 11 is 0. The third-order valence-corrected chi connectivity index (χ3v) is 2.98. The number of rotatable bonds is 6. The van der Waals surface area contributed by atoms with Gasteiger partial charge in [0.15, 0.2) is 0 Å². The molecular formula is C14H21Cl2N5O. The van der Waals surface area contributed by atoms with Crippen LogP contribution in [0.2, 0.25) is 0 Å². The summed E-state index contributed by atoms with van der Waals surface area (Å²) in [5, 5.41) is 2.85. The highest BCUT2D eigenvalue weighted by Crippen LogP contribution is 2.08. The van der Waals surface area contributed by atoms with E-state index in [-0.39, 0.29) is 30.7 Å². The molecule has 0 bridgehead atoms. The minimum atomic E-state index is 0. The molecule has 2 aromatic heterocycles. The molecular weight excluding hydrogens is 325 g/mol. The predicted octanol–water partition coefficient (Wildman–Crippen LogP) is 1.77. The Labute approximate surface area is 142 Å². The lowest BCUT2D eigenvalue weighted by Crippen LogP contribution is -2.23. The van der Waals surface area contributed by atoms with Crippen molar-refractivity contribution in [3.63, 3.8) is 0 Å². The van der Waals surface area contributed by atoms with Crippen molar-refractivity contribution in [2.24, 2.45) is 5.73 Å². The summed E-state index contributed by atoms with van der Waals surface area (Å²) in [4.78, 5) is 20.0. The van der Waals surface area contributed by atoms with Crippen LogP contribution in [-0.4, -0.2) is 27.0 Å². The Kier molecular flexibility index (Phi) is 9.40. The van der Waals surface area contributed by atoms with E-state index in [1.54, 1.807) is 12.4 Å². The molecule has 0 aliphatic carbocycles. The van der Waals surface area contributed by atoms with Gasteiger partial charge in [0.1, 0.15) is 11.6 Å². The first-order valence-corrected chi connectivity index (χ1v) is 6.62. The first-order valence-electron chi connectivity index (χ1n) is 6.62. The zero-order chi connectivity index (χ0) is 14.4. The molecule has 2 rings (SSSR count). The average Bonchev–Trinajstić information content (AvgIpc) is 2.89. The van der Waals surface area contributed by atoms with Crippen LogP contribution in [0.15, 0.2) is 30.7 Å². The van der Waals surface area contributed by atoms with Crippen LogP contribution in [0, 0.1) is 6.92 Å². The molecule has 2 heterocycles. The normalized spacial score (nSPS) is 9.55. The van der Waals surface area contributed by atoms with Crippen molar-refractivity contribution < 1.29 is 4.79 Å². The Balaban J connectivity index is 0.00000220. The molecule has 0 aliphatic rings. The Morgan fingerprint density at radius 3 is 2.64 bits per heavy atom. The molecule has 0 aromatic carbocycles. The van der Waals surface area contributed by atoms with Gasteiger partial charge in [-0.2, -0.15) is 0 Å². The van der Waals surface area contributed by atoms with Gasteiger partial charge in [0, 0.05) is 31.6 Å². The summed E-state index contributed by atoms with van der Waals surface area (Å²) in [5.74, 6) is 1.73. The van der Waals surface area contributed by atoms with Gasteiger partial charge in [-0.15, -0.1) is 24.8 Å². The van der Waals surface area contributed by atoms with E-state index < -0.39 is 0 Å². The summed E-state index contributed by atoms with van der Waals surface area (Å²) in [5.41, 5.74) is 6.33. The number of aryl methyl sites for hydroxylation is 1. The van der Waals surface area contributed by atoms with Crippen LogP contribution < -0.4 is 11.1 Å². The number of pyridine rings is 1. The molecule has 0 unspecified atom stereocenters. The highest BCUT2D eigenvalue weighted by atomic mass is 35.5. The van der Waals surface area contributed by atoms with Gasteiger partial charge < -0.3 is 11.1 Å². The second kappa shape index (κ2) is 10.2. The number of aromatic nitrogens is 3. The maximum atomic E-state index is 11.5. The number of halogens is 2. The van der Waals surface area contributed by atoms with Gasteiger partial charge >= 0.3 is 0 Å². The predicted molar refractivity (Wildman–Crippen MR) is 90.7 cm³/mol. The lowest BCUT2D eigenvalue weighted by atomic mass is 10.2. The van der Waals surface area contributed by atoms with E-state index in [0.717, 1.165) is 17.2 Å². The number of carbonyl (C=O) groups is 1. The van der Waals surface area contributed by atoms with Crippen LogP contribution in [-0.2, 0) is 11.3 Å². The van der Waals surface area contributed by atoms with Crippen LogP contribution in [0.3, 0.4) is 0 Å². The van der Waals surface area contributed by atoms with E-state index in [4.69, 9.17) is 5.73 Å². The van der Waals surface area contributed by atoms with Gasteiger partial charge in [-0.3, -0.25) is 9.36 Å². The zero-order valence-electron chi connectivity index (χ0n) is 12.4. The van der Waals surface area contributed by atoms with E-state index in [1.165, 1.54) is 0 Å². The van der Waals surface area contributed by atoms with Gasteiger partial charge in [0.05, 0.1) is 0 Å². The van der Waals surface area contributed by atoms with Crippen molar-refractivity contribution in [2.75, 3.05) is 6.54 Å². The molecule has 0 spiro atoms. The van der Waals surface area contributed by atoms with E-state index in [2.05, 4.69) is 15.3 Å². The van der Waals surface area contributed by atoms with E-state index in [0.29, 0.717) is 25.9 Å².